The van der Waals surface area contributed by atoms with Crippen molar-refractivity contribution in [2.75, 3.05) is 0 Å². The molecule has 0 amide bonds. The van der Waals surface area contributed by atoms with Crippen LogP contribution in [0.15, 0.2) is 6.07 Å². The van der Waals surface area contributed by atoms with Crippen LogP contribution in [0.5, 0.6) is 0 Å². The number of halogens is 3. The van der Waals surface area contributed by atoms with Gasteiger partial charge in [0, 0.05) is 5.56 Å². The maximum Gasteiger partial charge on any atom is 0.382 e. The number of rotatable bonds is 3. The SMILES string of the molecule is N#CCc1cc(Cl)c([N+](=O)[O-])nc1C(F)F. The molecule has 1 aromatic rings. The number of hydrogen-bond donors (Lipinski definition) is 0. The highest BCUT2D eigenvalue weighted by atomic mass is 35.5. The summed E-state index contributed by atoms with van der Waals surface area (Å²) in [5.41, 5.74) is -0.884. The fourth-order valence-corrected chi connectivity index (χ4v) is 1.32. The van der Waals surface area contributed by atoms with Gasteiger partial charge in [0.05, 0.1) is 12.5 Å². The van der Waals surface area contributed by atoms with Crippen molar-refractivity contribution in [2.24, 2.45) is 0 Å². The third kappa shape index (κ3) is 2.41. The molecular formula is C8H4ClF2N3O2. The highest BCUT2D eigenvalue weighted by molar-refractivity contribution is 6.32. The van der Waals surface area contributed by atoms with E-state index in [-0.39, 0.29) is 17.0 Å². The van der Waals surface area contributed by atoms with Crippen molar-refractivity contribution < 1.29 is 13.7 Å². The van der Waals surface area contributed by atoms with E-state index in [1.54, 1.807) is 6.07 Å². The minimum Gasteiger partial charge on any atom is -0.358 e. The van der Waals surface area contributed by atoms with Crippen LogP contribution in [0.3, 0.4) is 0 Å². The quantitative estimate of drug-likeness (QED) is 0.607. The molecule has 16 heavy (non-hydrogen) atoms. The first-order valence-electron chi connectivity index (χ1n) is 3.96. The Morgan fingerprint density at radius 3 is 2.75 bits per heavy atom. The fraction of sp³-hybridized carbons (Fsp3) is 0.250. The van der Waals surface area contributed by atoms with Crippen LogP contribution in [0.4, 0.5) is 14.6 Å². The average molecular weight is 248 g/mol. The van der Waals surface area contributed by atoms with Crippen molar-refractivity contribution in [1.29, 1.82) is 5.26 Å². The Morgan fingerprint density at radius 1 is 1.69 bits per heavy atom. The van der Waals surface area contributed by atoms with Gasteiger partial charge in [-0.15, -0.1) is 0 Å². The van der Waals surface area contributed by atoms with Gasteiger partial charge in [0.1, 0.15) is 5.02 Å². The second-order valence-corrected chi connectivity index (χ2v) is 3.14. The van der Waals surface area contributed by atoms with Crippen LogP contribution in [-0.2, 0) is 6.42 Å². The molecule has 5 nitrogen and oxygen atoms in total. The second-order valence-electron chi connectivity index (χ2n) is 2.73. The van der Waals surface area contributed by atoms with E-state index >= 15 is 0 Å². The van der Waals surface area contributed by atoms with Gasteiger partial charge in [-0.3, -0.25) is 0 Å². The maximum absolute atomic E-state index is 12.5. The molecule has 0 bridgehead atoms. The Bertz CT molecular complexity index is 473. The predicted molar refractivity (Wildman–Crippen MR) is 50.2 cm³/mol. The summed E-state index contributed by atoms with van der Waals surface area (Å²) in [6.07, 6.45) is -3.32. The number of nitriles is 1. The van der Waals surface area contributed by atoms with Crippen LogP contribution in [-0.4, -0.2) is 9.91 Å². The number of alkyl halides is 2. The zero-order valence-electron chi connectivity index (χ0n) is 7.65. The van der Waals surface area contributed by atoms with Crippen molar-refractivity contribution in [3.05, 3.63) is 32.5 Å². The second kappa shape index (κ2) is 4.81. The molecule has 0 aliphatic heterocycles. The Labute approximate surface area is 93.4 Å². The lowest BCUT2D eigenvalue weighted by atomic mass is 10.1. The van der Waals surface area contributed by atoms with E-state index < -0.39 is 22.9 Å². The first-order chi connectivity index (χ1) is 7.47. The van der Waals surface area contributed by atoms with E-state index in [1.165, 1.54) is 0 Å². The van der Waals surface area contributed by atoms with Gasteiger partial charge in [0.2, 0.25) is 5.69 Å². The molecule has 0 radical (unpaired) electrons. The van der Waals surface area contributed by atoms with Gasteiger partial charge in [-0.2, -0.15) is 5.26 Å². The van der Waals surface area contributed by atoms with Gasteiger partial charge in [-0.05, 0) is 16.0 Å². The Kier molecular flexibility index (Phi) is 3.68. The molecule has 0 unspecified atom stereocenters. The lowest BCUT2D eigenvalue weighted by molar-refractivity contribution is -0.389. The first-order valence-corrected chi connectivity index (χ1v) is 4.34. The normalized spacial score (nSPS) is 10.2. The Hall–Kier alpha value is -1.81. The summed E-state index contributed by atoms with van der Waals surface area (Å²) in [4.78, 5) is 12.6. The van der Waals surface area contributed by atoms with Gasteiger partial charge in [-0.1, -0.05) is 11.6 Å². The summed E-state index contributed by atoms with van der Waals surface area (Å²) < 4.78 is 25.0. The molecule has 0 aliphatic carbocycles. The summed E-state index contributed by atoms with van der Waals surface area (Å²) in [7, 11) is 0. The molecule has 8 heteroatoms. The summed E-state index contributed by atoms with van der Waals surface area (Å²) in [5.74, 6) is -0.835. The van der Waals surface area contributed by atoms with Crippen LogP contribution in [0.1, 0.15) is 17.7 Å². The van der Waals surface area contributed by atoms with Crippen molar-refractivity contribution in [3.8, 4) is 6.07 Å². The highest BCUT2D eigenvalue weighted by Crippen LogP contribution is 2.29. The molecule has 0 aromatic carbocycles. The largest absolute Gasteiger partial charge is 0.382 e. The summed E-state index contributed by atoms with van der Waals surface area (Å²) in [6.45, 7) is 0. The number of nitro groups is 1. The van der Waals surface area contributed by atoms with Crippen LogP contribution in [0.2, 0.25) is 5.02 Å². The van der Waals surface area contributed by atoms with Crippen LogP contribution >= 0.6 is 11.6 Å². The van der Waals surface area contributed by atoms with Crippen molar-refractivity contribution >= 4 is 17.4 Å². The minimum atomic E-state index is -2.99. The third-order valence-corrected chi connectivity index (χ3v) is 2.00. The highest BCUT2D eigenvalue weighted by Gasteiger charge is 2.26. The smallest absolute Gasteiger partial charge is 0.358 e. The Balaban J connectivity index is 3.38. The predicted octanol–water partition coefficient (Wildman–Crippen LogP) is 2.65. The monoisotopic (exact) mass is 247 g/mol. The van der Waals surface area contributed by atoms with E-state index in [1.807, 2.05) is 0 Å². The van der Waals surface area contributed by atoms with Gasteiger partial charge in [0.15, 0.2) is 0 Å². The summed E-state index contributed by atoms with van der Waals surface area (Å²) >= 11 is 5.48. The Morgan fingerprint density at radius 2 is 2.31 bits per heavy atom. The molecule has 1 rings (SSSR count). The zero-order valence-corrected chi connectivity index (χ0v) is 8.41. The molecule has 0 saturated heterocycles. The number of pyridine rings is 1. The standard InChI is InChI=1S/C8H4ClF2N3O2/c9-5-3-4(1-2-12)6(7(10)11)13-8(5)14(15)16/h3,7H,1H2. The van der Waals surface area contributed by atoms with Crippen molar-refractivity contribution in [2.45, 2.75) is 12.8 Å². The van der Waals surface area contributed by atoms with Crippen molar-refractivity contribution in [1.82, 2.24) is 4.98 Å². The first kappa shape index (κ1) is 12.3. The van der Waals surface area contributed by atoms with Gasteiger partial charge < -0.3 is 10.1 Å². The molecule has 1 heterocycles. The topological polar surface area (TPSA) is 79.8 Å². The van der Waals surface area contributed by atoms with E-state index in [2.05, 4.69) is 4.98 Å². The van der Waals surface area contributed by atoms with Gasteiger partial charge >= 0.3 is 12.2 Å². The lowest BCUT2D eigenvalue weighted by Crippen LogP contribution is -2.03. The molecule has 0 saturated carbocycles. The molecular weight excluding hydrogens is 244 g/mol. The van der Waals surface area contributed by atoms with Crippen LogP contribution < -0.4 is 0 Å². The molecule has 1 aromatic heterocycles. The number of aromatic nitrogens is 1. The summed E-state index contributed by atoms with van der Waals surface area (Å²) in [5, 5.41) is 18.4. The average Bonchev–Trinajstić information content (AvgIpc) is 2.17. The molecule has 0 atom stereocenters. The molecule has 0 spiro atoms. The number of hydrogen-bond acceptors (Lipinski definition) is 4. The van der Waals surface area contributed by atoms with E-state index in [9.17, 15) is 18.9 Å². The van der Waals surface area contributed by atoms with Crippen molar-refractivity contribution in [3.63, 3.8) is 0 Å². The summed E-state index contributed by atoms with van der Waals surface area (Å²) in [6, 6.07) is 2.62. The molecule has 0 fully saturated rings. The van der Waals surface area contributed by atoms with E-state index in [0.717, 1.165) is 6.07 Å². The van der Waals surface area contributed by atoms with E-state index in [4.69, 9.17) is 16.9 Å². The minimum absolute atomic E-state index is 0.104. The molecule has 84 valence electrons. The fourth-order valence-electron chi connectivity index (χ4n) is 1.07. The molecule has 0 aliphatic rings. The van der Waals surface area contributed by atoms with Gasteiger partial charge in [0.25, 0.3) is 0 Å². The van der Waals surface area contributed by atoms with Gasteiger partial charge in [-0.25, -0.2) is 8.78 Å². The zero-order chi connectivity index (χ0) is 12.3. The molecule has 0 N–H and O–H groups in total. The van der Waals surface area contributed by atoms with E-state index in [0.29, 0.717) is 0 Å². The van der Waals surface area contributed by atoms with Crippen LogP contribution in [0, 0.1) is 21.4 Å². The maximum atomic E-state index is 12.5. The third-order valence-electron chi connectivity index (χ3n) is 1.72. The van der Waals surface area contributed by atoms with Crippen LogP contribution in [0.25, 0.3) is 0 Å². The number of nitrogens with zero attached hydrogens (tertiary/aromatic N) is 3. The lowest BCUT2D eigenvalue weighted by Gasteiger charge is -2.02.